The molecule has 11 heteroatoms. The Morgan fingerprint density at radius 3 is 2.76 bits per heavy atom. The number of fused-ring (bicyclic) bond motifs is 1. The number of carbonyl (C=O) groups is 3. The molecule has 4 rings (SSSR count). The average Bonchev–Trinajstić information content (AvgIpc) is 2.81. The minimum absolute atomic E-state index is 0.0295. The highest BCUT2D eigenvalue weighted by Gasteiger charge is 2.38. The lowest BCUT2D eigenvalue weighted by Gasteiger charge is -2.30. The highest BCUT2D eigenvalue weighted by Crippen LogP contribution is 2.23. The summed E-state index contributed by atoms with van der Waals surface area (Å²) in [5.74, 6) is -2.59. The van der Waals surface area contributed by atoms with Crippen molar-refractivity contribution in [3.8, 4) is 5.75 Å². The van der Waals surface area contributed by atoms with Crippen LogP contribution in [-0.4, -0.2) is 40.6 Å². The minimum atomic E-state index is -1.26. The SMILES string of the molecule is O=C(COc1cccc2cccnc12)N/N=C\[C@H]1C(=O)NC(=S)N(c2ccc(Br)cc2)C1=O. The van der Waals surface area contributed by atoms with E-state index < -0.39 is 23.6 Å². The molecule has 1 saturated heterocycles. The highest BCUT2D eigenvalue weighted by molar-refractivity contribution is 9.10. The Balaban J connectivity index is 1.38. The van der Waals surface area contributed by atoms with Crippen LogP contribution >= 0.6 is 28.1 Å². The fraction of sp³-hybridized carbons (Fsp3) is 0.0909. The molecule has 1 fully saturated rings. The van der Waals surface area contributed by atoms with Gasteiger partial charge in [0.1, 0.15) is 11.3 Å². The molecule has 1 aromatic heterocycles. The number of pyridine rings is 1. The van der Waals surface area contributed by atoms with Gasteiger partial charge in [0, 0.05) is 22.3 Å². The lowest BCUT2D eigenvalue weighted by Crippen LogP contribution is -2.58. The number of nitrogens with one attached hydrogen (secondary N) is 2. The van der Waals surface area contributed by atoms with Gasteiger partial charge < -0.3 is 10.1 Å². The molecule has 1 aliphatic rings. The Kier molecular flexibility index (Phi) is 6.71. The molecular formula is C22H16BrN5O4S. The summed E-state index contributed by atoms with van der Waals surface area (Å²) in [6.45, 7) is -0.326. The molecule has 3 amide bonds. The first-order chi connectivity index (χ1) is 15.9. The Labute approximate surface area is 201 Å². The van der Waals surface area contributed by atoms with Gasteiger partial charge in [-0.3, -0.25) is 24.3 Å². The molecule has 0 aliphatic carbocycles. The average molecular weight is 526 g/mol. The molecule has 0 spiro atoms. The van der Waals surface area contributed by atoms with Crippen LogP contribution in [0.3, 0.4) is 0 Å². The Morgan fingerprint density at radius 1 is 1.21 bits per heavy atom. The summed E-state index contributed by atoms with van der Waals surface area (Å²) >= 11 is 8.47. The van der Waals surface area contributed by atoms with E-state index in [1.54, 1.807) is 48.7 Å². The second-order valence-corrected chi connectivity index (χ2v) is 8.16. The van der Waals surface area contributed by atoms with Crippen LogP contribution in [-0.2, 0) is 14.4 Å². The number of hydrogen-bond acceptors (Lipinski definition) is 7. The molecule has 1 aliphatic heterocycles. The smallest absolute Gasteiger partial charge is 0.277 e. The number of nitrogens with zero attached hydrogens (tertiary/aromatic N) is 3. The van der Waals surface area contributed by atoms with E-state index in [2.05, 4.69) is 36.8 Å². The quantitative estimate of drug-likeness (QED) is 0.221. The number of benzene rings is 2. The van der Waals surface area contributed by atoms with Crippen LogP contribution in [0.5, 0.6) is 5.75 Å². The number of aromatic nitrogens is 1. The maximum absolute atomic E-state index is 12.9. The van der Waals surface area contributed by atoms with Gasteiger partial charge in [-0.2, -0.15) is 5.10 Å². The predicted octanol–water partition coefficient (Wildman–Crippen LogP) is 2.54. The van der Waals surface area contributed by atoms with E-state index >= 15 is 0 Å². The van der Waals surface area contributed by atoms with Gasteiger partial charge in [-0.25, -0.2) is 5.43 Å². The van der Waals surface area contributed by atoms with Crippen LogP contribution in [0, 0.1) is 5.92 Å². The number of ether oxygens (including phenoxy) is 1. The molecule has 166 valence electrons. The molecule has 0 bridgehead atoms. The normalized spacial score (nSPS) is 16.2. The first-order valence-corrected chi connectivity index (χ1v) is 10.9. The maximum Gasteiger partial charge on any atom is 0.277 e. The molecule has 3 aromatic rings. The van der Waals surface area contributed by atoms with Crippen molar-refractivity contribution in [2.45, 2.75) is 0 Å². The predicted molar refractivity (Wildman–Crippen MR) is 130 cm³/mol. The van der Waals surface area contributed by atoms with Crippen molar-refractivity contribution >= 4 is 73.8 Å². The zero-order chi connectivity index (χ0) is 23.4. The Hall–Kier alpha value is -3.70. The standard InChI is InChI=1S/C22H16BrN5O4S/c23-14-6-8-15(9-7-14)28-21(31)16(20(30)26-22(28)33)11-25-27-18(29)12-32-17-5-1-3-13-4-2-10-24-19(13)17/h1-11,16H,12H2,(H,27,29)(H,26,30,33)/b25-11-/t16-/m0/s1. The van der Waals surface area contributed by atoms with Crippen molar-refractivity contribution in [2.24, 2.45) is 11.0 Å². The fourth-order valence-corrected chi connectivity index (χ4v) is 3.67. The van der Waals surface area contributed by atoms with Crippen molar-refractivity contribution in [1.29, 1.82) is 0 Å². The molecule has 2 aromatic carbocycles. The summed E-state index contributed by atoms with van der Waals surface area (Å²) in [6.07, 6.45) is 2.69. The zero-order valence-electron chi connectivity index (χ0n) is 16.9. The molecule has 0 radical (unpaired) electrons. The van der Waals surface area contributed by atoms with Crippen molar-refractivity contribution in [3.05, 3.63) is 65.3 Å². The third kappa shape index (κ3) is 5.04. The summed E-state index contributed by atoms with van der Waals surface area (Å²) in [5, 5.41) is 7.08. The molecule has 2 heterocycles. The van der Waals surface area contributed by atoms with Gasteiger partial charge >= 0.3 is 0 Å². The van der Waals surface area contributed by atoms with Crippen LogP contribution in [0.1, 0.15) is 0 Å². The summed E-state index contributed by atoms with van der Waals surface area (Å²) < 4.78 is 6.37. The third-order valence-corrected chi connectivity index (χ3v) is 5.47. The first-order valence-electron chi connectivity index (χ1n) is 9.67. The Bertz CT molecular complexity index is 1280. The van der Waals surface area contributed by atoms with Crippen LogP contribution in [0.2, 0.25) is 0 Å². The van der Waals surface area contributed by atoms with E-state index in [0.717, 1.165) is 16.1 Å². The number of carbonyl (C=O) groups excluding carboxylic acids is 3. The van der Waals surface area contributed by atoms with Gasteiger partial charge in [0.2, 0.25) is 5.91 Å². The molecule has 1 atom stereocenters. The second-order valence-electron chi connectivity index (χ2n) is 6.86. The van der Waals surface area contributed by atoms with E-state index in [1.165, 1.54) is 4.90 Å². The number of hydrazone groups is 1. The topological polar surface area (TPSA) is 113 Å². The van der Waals surface area contributed by atoms with Gasteiger partial charge in [-0.15, -0.1) is 0 Å². The maximum atomic E-state index is 12.9. The van der Waals surface area contributed by atoms with Crippen LogP contribution < -0.4 is 20.4 Å². The lowest BCUT2D eigenvalue weighted by atomic mass is 10.1. The largest absolute Gasteiger partial charge is 0.481 e. The summed E-state index contributed by atoms with van der Waals surface area (Å²) in [6, 6.07) is 15.9. The van der Waals surface area contributed by atoms with Crippen molar-refractivity contribution < 1.29 is 19.1 Å². The number of hydrogen-bond donors (Lipinski definition) is 2. The van der Waals surface area contributed by atoms with E-state index in [4.69, 9.17) is 17.0 Å². The number of thiocarbonyl (C=S) groups is 1. The molecule has 0 unspecified atom stereocenters. The molecule has 0 saturated carbocycles. The Morgan fingerprint density at radius 2 is 1.97 bits per heavy atom. The molecule has 33 heavy (non-hydrogen) atoms. The van der Waals surface area contributed by atoms with E-state index in [1.807, 2.05) is 12.1 Å². The molecule has 9 nitrogen and oxygen atoms in total. The van der Waals surface area contributed by atoms with Crippen molar-refractivity contribution in [1.82, 2.24) is 15.7 Å². The van der Waals surface area contributed by atoms with Crippen molar-refractivity contribution in [2.75, 3.05) is 11.5 Å². The van der Waals surface area contributed by atoms with Crippen LogP contribution in [0.15, 0.2) is 70.4 Å². The van der Waals surface area contributed by atoms with E-state index in [9.17, 15) is 14.4 Å². The van der Waals surface area contributed by atoms with Gasteiger partial charge in [-0.1, -0.05) is 34.1 Å². The highest BCUT2D eigenvalue weighted by atomic mass is 79.9. The summed E-state index contributed by atoms with van der Waals surface area (Å²) in [4.78, 5) is 42.7. The van der Waals surface area contributed by atoms with E-state index in [-0.39, 0.29) is 11.7 Å². The van der Waals surface area contributed by atoms with Gasteiger partial charge in [0.15, 0.2) is 17.6 Å². The van der Waals surface area contributed by atoms with Gasteiger partial charge in [0.25, 0.3) is 11.8 Å². The van der Waals surface area contributed by atoms with Crippen LogP contribution in [0.4, 0.5) is 5.69 Å². The van der Waals surface area contributed by atoms with Gasteiger partial charge in [0.05, 0.1) is 5.69 Å². The first kappa shape index (κ1) is 22.5. The van der Waals surface area contributed by atoms with Crippen molar-refractivity contribution in [3.63, 3.8) is 0 Å². The number of rotatable bonds is 6. The lowest BCUT2D eigenvalue weighted by molar-refractivity contribution is -0.130. The fourth-order valence-electron chi connectivity index (χ4n) is 3.11. The molecular weight excluding hydrogens is 510 g/mol. The second kappa shape index (κ2) is 9.84. The zero-order valence-corrected chi connectivity index (χ0v) is 19.3. The number of amides is 3. The number of anilines is 1. The molecule has 2 N–H and O–H groups in total. The minimum Gasteiger partial charge on any atom is -0.481 e. The van der Waals surface area contributed by atoms with E-state index in [0.29, 0.717) is 17.0 Å². The number of para-hydroxylation sites is 1. The monoisotopic (exact) mass is 525 g/mol. The summed E-state index contributed by atoms with van der Waals surface area (Å²) in [5.41, 5.74) is 3.38. The summed E-state index contributed by atoms with van der Waals surface area (Å²) in [7, 11) is 0. The van der Waals surface area contributed by atoms with Gasteiger partial charge in [-0.05, 0) is 48.6 Å². The number of halogens is 1. The van der Waals surface area contributed by atoms with Crippen LogP contribution in [0.25, 0.3) is 10.9 Å². The third-order valence-electron chi connectivity index (χ3n) is 4.65.